The predicted molar refractivity (Wildman–Crippen MR) is 85.8 cm³/mol. The molecule has 0 spiro atoms. The van der Waals surface area contributed by atoms with E-state index in [1.807, 2.05) is 18.2 Å². The number of Topliss-reactive ketones (excluding diaryl/α,β-unsaturated/α-hetero) is 1. The van der Waals surface area contributed by atoms with Gasteiger partial charge in [-0.05, 0) is 36.4 Å². The van der Waals surface area contributed by atoms with Crippen molar-refractivity contribution >= 4 is 22.3 Å². The molecule has 2 aromatic carbocycles. The maximum absolute atomic E-state index is 12.1. The Balaban J connectivity index is 2.00. The minimum absolute atomic E-state index is 0.0128. The zero-order chi connectivity index (χ0) is 15.1. The number of ketones is 1. The van der Waals surface area contributed by atoms with E-state index in [0.29, 0.717) is 17.0 Å². The lowest BCUT2D eigenvalue weighted by Gasteiger charge is -2.05. The largest absolute Gasteiger partial charge is 0.374 e. The molecule has 106 valence electrons. The van der Waals surface area contributed by atoms with Crippen molar-refractivity contribution in [3.05, 3.63) is 60.2 Å². The average Bonchev–Trinajstić information content (AvgIpc) is 2.54. The minimum atomic E-state index is -1.32. The van der Waals surface area contributed by atoms with Crippen LogP contribution in [0.25, 0.3) is 0 Å². The molecular formula is C17H15NO2S. The molecule has 1 N–H and O–H groups in total. The second-order valence-corrected chi connectivity index (χ2v) is 5.81. The van der Waals surface area contributed by atoms with E-state index >= 15 is 0 Å². The van der Waals surface area contributed by atoms with Gasteiger partial charge in [-0.25, -0.2) is 0 Å². The van der Waals surface area contributed by atoms with Crippen LogP contribution in [0.3, 0.4) is 0 Å². The molecule has 0 fully saturated rings. The fourth-order valence-electron chi connectivity index (χ4n) is 1.79. The fraction of sp³-hybridized carbons (Fsp3) is 0.118. The van der Waals surface area contributed by atoms with Gasteiger partial charge in [-0.3, -0.25) is 9.00 Å². The van der Waals surface area contributed by atoms with Crippen molar-refractivity contribution in [1.82, 2.24) is 0 Å². The van der Waals surface area contributed by atoms with E-state index < -0.39 is 10.8 Å². The number of nitrogens with one attached hydrogen (secondary N) is 1. The standard InChI is InChI=1S/C17H15NO2S/c1-2-12-18-15-10-8-14(9-11-15)17(19)13-21(20)16-6-4-3-5-7-16/h1,3-11,18H,12-13H2. The monoisotopic (exact) mass is 297 g/mol. The molecule has 3 nitrogen and oxygen atoms in total. The van der Waals surface area contributed by atoms with E-state index in [4.69, 9.17) is 6.42 Å². The molecule has 2 aromatic rings. The van der Waals surface area contributed by atoms with Crippen molar-refractivity contribution < 1.29 is 9.00 Å². The molecule has 0 amide bonds. The Morgan fingerprint density at radius 2 is 1.76 bits per heavy atom. The second-order valence-electron chi connectivity index (χ2n) is 4.36. The van der Waals surface area contributed by atoms with Crippen LogP contribution in [-0.4, -0.2) is 22.3 Å². The number of rotatable bonds is 6. The summed E-state index contributed by atoms with van der Waals surface area (Å²) in [6.45, 7) is 0.436. The summed E-state index contributed by atoms with van der Waals surface area (Å²) < 4.78 is 12.1. The molecule has 4 heteroatoms. The number of hydrogen-bond donors (Lipinski definition) is 1. The van der Waals surface area contributed by atoms with Gasteiger partial charge in [-0.2, -0.15) is 0 Å². The van der Waals surface area contributed by atoms with Gasteiger partial charge in [0.05, 0.1) is 23.1 Å². The summed E-state index contributed by atoms with van der Waals surface area (Å²) in [5.41, 5.74) is 1.40. The number of benzene rings is 2. The third-order valence-electron chi connectivity index (χ3n) is 2.87. The van der Waals surface area contributed by atoms with Crippen LogP contribution in [0.1, 0.15) is 10.4 Å². The molecule has 0 aliphatic rings. The topological polar surface area (TPSA) is 46.2 Å². The smallest absolute Gasteiger partial charge is 0.175 e. The van der Waals surface area contributed by atoms with Gasteiger partial charge in [0.1, 0.15) is 0 Å². The van der Waals surface area contributed by atoms with Gasteiger partial charge in [0.25, 0.3) is 0 Å². The Bertz CT molecular complexity index is 672. The van der Waals surface area contributed by atoms with E-state index in [0.717, 1.165) is 5.69 Å². The summed E-state index contributed by atoms with van der Waals surface area (Å²) in [5, 5.41) is 3.02. The molecule has 0 aliphatic carbocycles. The molecule has 0 heterocycles. The SMILES string of the molecule is C#CCNc1ccc(C(=O)CS(=O)c2ccccc2)cc1. The van der Waals surface area contributed by atoms with Gasteiger partial charge in [0.2, 0.25) is 0 Å². The van der Waals surface area contributed by atoms with Gasteiger partial charge >= 0.3 is 0 Å². The number of carbonyl (C=O) groups is 1. The maximum Gasteiger partial charge on any atom is 0.175 e. The van der Waals surface area contributed by atoms with Crippen LogP contribution in [0.4, 0.5) is 5.69 Å². The van der Waals surface area contributed by atoms with Crippen LogP contribution in [0, 0.1) is 12.3 Å². The molecule has 0 aromatic heterocycles. The van der Waals surface area contributed by atoms with E-state index in [1.54, 1.807) is 36.4 Å². The number of terminal acetylenes is 1. The molecule has 1 atom stereocenters. The molecular weight excluding hydrogens is 282 g/mol. The Labute approximate surface area is 126 Å². The van der Waals surface area contributed by atoms with Crippen molar-refractivity contribution in [2.24, 2.45) is 0 Å². The first-order valence-corrected chi connectivity index (χ1v) is 7.76. The van der Waals surface area contributed by atoms with Crippen molar-refractivity contribution in [2.45, 2.75) is 4.90 Å². The first kappa shape index (κ1) is 15.0. The summed E-state index contributed by atoms with van der Waals surface area (Å²) in [6.07, 6.45) is 5.16. The summed E-state index contributed by atoms with van der Waals surface area (Å²) in [7, 11) is -1.32. The summed E-state index contributed by atoms with van der Waals surface area (Å²) in [4.78, 5) is 12.8. The molecule has 0 aliphatic heterocycles. The average molecular weight is 297 g/mol. The lowest BCUT2D eigenvalue weighted by molar-refractivity contribution is 0.102. The third kappa shape index (κ3) is 4.30. The van der Waals surface area contributed by atoms with Crippen LogP contribution in [0.5, 0.6) is 0 Å². The number of hydrogen-bond acceptors (Lipinski definition) is 3. The molecule has 0 saturated heterocycles. The fourth-order valence-corrected chi connectivity index (χ4v) is 2.82. The zero-order valence-electron chi connectivity index (χ0n) is 11.4. The molecule has 0 saturated carbocycles. The van der Waals surface area contributed by atoms with Crippen molar-refractivity contribution in [2.75, 3.05) is 17.6 Å². The second kappa shape index (κ2) is 7.41. The minimum Gasteiger partial charge on any atom is -0.374 e. The number of carbonyl (C=O) groups excluding carboxylic acids is 1. The van der Waals surface area contributed by atoms with E-state index in [2.05, 4.69) is 11.2 Å². The molecule has 2 rings (SSSR count). The molecule has 0 radical (unpaired) electrons. The highest BCUT2D eigenvalue weighted by atomic mass is 32.2. The summed E-state index contributed by atoms with van der Waals surface area (Å²) >= 11 is 0. The maximum atomic E-state index is 12.1. The van der Waals surface area contributed by atoms with Gasteiger partial charge in [0, 0.05) is 16.1 Å². The summed E-state index contributed by atoms with van der Waals surface area (Å²) in [5.74, 6) is 2.33. The van der Waals surface area contributed by atoms with E-state index in [-0.39, 0.29) is 11.5 Å². The molecule has 1 unspecified atom stereocenters. The van der Waals surface area contributed by atoms with Gasteiger partial charge < -0.3 is 5.32 Å². The quantitative estimate of drug-likeness (QED) is 0.659. The van der Waals surface area contributed by atoms with Gasteiger partial charge in [0.15, 0.2) is 5.78 Å². The zero-order valence-corrected chi connectivity index (χ0v) is 12.2. The highest BCUT2D eigenvalue weighted by Gasteiger charge is 2.12. The first-order valence-electron chi connectivity index (χ1n) is 6.44. The highest BCUT2D eigenvalue weighted by Crippen LogP contribution is 2.12. The van der Waals surface area contributed by atoms with Crippen molar-refractivity contribution in [3.8, 4) is 12.3 Å². The highest BCUT2D eigenvalue weighted by molar-refractivity contribution is 7.85. The third-order valence-corrected chi connectivity index (χ3v) is 4.19. The Morgan fingerprint density at radius 3 is 2.38 bits per heavy atom. The van der Waals surface area contributed by atoms with Crippen LogP contribution in [0.15, 0.2) is 59.5 Å². The Hall–Kier alpha value is -2.38. The van der Waals surface area contributed by atoms with E-state index in [1.165, 1.54) is 0 Å². The van der Waals surface area contributed by atoms with E-state index in [9.17, 15) is 9.00 Å². The van der Waals surface area contributed by atoms with Crippen LogP contribution in [-0.2, 0) is 10.8 Å². The van der Waals surface area contributed by atoms with Gasteiger partial charge in [-0.15, -0.1) is 6.42 Å². The van der Waals surface area contributed by atoms with Crippen molar-refractivity contribution in [3.63, 3.8) is 0 Å². The number of anilines is 1. The molecule has 21 heavy (non-hydrogen) atoms. The van der Waals surface area contributed by atoms with Crippen LogP contribution >= 0.6 is 0 Å². The first-order chi connectivity index (χ1) is 10.2. The summed E-state index contributed by atoms with van der Waals surface area (Å²) in [6, 6.07) is 16.0. The lowest BCUT2D eigenvalue weighted by Crippen LogP contribution is -2.11. The van der Waals surface area contributed by atoms with Crippen LogP contribution in [0.2, 0.25) is 0 Å². The molecule has 0 bridgehead atoms. The van der Waals surface area contributed by atoms with Crippen LogP contribution < -0.4 is 5.32 Å². The lowest BCUT2D eigenvalue weighted by atomic mass is 10.1. The Kier molecular flexibility index (Phi) is 5.30. The van der Waals surface area contributed by atoms with Gasteiger partial charge in [-0.1, -0.05) is 24.1 Å². The normalized spacial score (nSPS) is 11.4. The van der Waals surface area contributed by atoms with Crippen molar-refractivity contribution in [1.29, 1.82) is 0 Å². The Morgan fingerprint density at radius 1 is 1.10 bits per heavy atom. The predicted octanol–water partition coefficient (Wildman–Crippen LogP) is 2.72.